The Labute approximate surface area is 105 Å². The maximum Gasteiger partial charge on any atom is 0.279 e. The Morgan fingerprint density at radius 2 is 1.78 bits per heavy atom. The molecule has 6 nitrogen and oxygen atoms in total. The van der Waals surface area contributed by atoms with Crippen LogP contribution in [0, 0.1) is 10.1 Å². The third-order valence-corrected chi connectivity index (χ3v) is 2.34. The largest absolute Gasteiger partial charge is 0.490 e. The van der Waals surface area contributed by atoms with Crippen LogP contribution in [-0.2, 0) is 0 Å². The molecule has 1 aromatic carbocycles. The first-order chi connectivity index (χ1) is 8.51. The van der Waals surface area contributed by atoms with Crippen molar-refractivity contribution in [2.75, 3.05) is 13.2 Å². The molecule has 1 atom stereocenters. The summed E-state index contributed by atoms with van der Waals surface area (Å²) in [6, 6.07) is 2.74. The van der Waals surface area contributed by atoms with E-state index < -0.39 is 11.0 Å². The van der Waals surface area contributed by atoms with Gasteiger partial charge in [-0.1, -0.05) is 0 Å². The zero-order valence-electron chi connectivity index (χ0n) is 10.7. The summed E-state index contributed by atoms with van der Waals surface area (Å²) in [5, 5.41) is 20.5. The standard InChI is InChI=1S/C12H17NO5/c1-4-17-11-6-9(8(3)14)10(13(15)16)7-12(11)18-5-2/h6-8,14H,4-5H2,1-3H3. The fourth-order valence-corrected chi connectivity index (χ4v) is 1.59. The van der Waals surface area contributed by atoms with E-state index in [0.29, 0.717) is 24.7 Å². The van der Waals surface area contributed by atoms with Crippen LogP contribution in [0.2, 0.25) is 0 Å². The van der Waals surface area contributed by atoms with Crippen LogP contribution in [0.4, 0.5) is 5.69 Å². The quantitative estimate of drug-likeness (QED) is 0.623. The highest BCUT2D eigenvalue weighted by Crippen LogP contribution is 2.37. The summed E-state index contributed by atoms with van der Waals surface area (Å²) in [5.41, 5.74) is 0.0452. The van der Waals surface area contributed by atoms with Gasteiger partial charge in [-0.25, -0.2) is 0 Å². The topological polar surface area (TPSA) is 81.8 Å². The Bertz CT molecular complexity index is 431. The van der Waals surface area contributed by atoms with E-state index in [0.717, 1.165) is 0 Å². The molecule has 0 amide bonds. The van der Waals surface area contributed by atoms with Crippen LogP contribution in [0.1, 0.15) is 32.4 Å². The molecule has 100 valence electrons. The van der Waals surface area contributed by atoms with Gasteiger partial charge in [0.2, 0.25) is 0 Å². The van der Waals surface area contributed by atoms with E-state index in [4.69, 9.17) is 9.47 Å². The van der Waals surface area contributed by atoms with E-state index in [2.05, 4.69) is 0 Å². The normalized spacial score (nSPS) is 12.0. The first-order valence-electron chi connectivity index (χ1n) is 5.77. The average Bonchev–Trinajstić information content (AvgIpc) is 2.30. The number of aliphatic hydroxyl groups excluding tert-OH is 1. The molecule has 18 heavy (non-hydrogen) atoms. The molecule has 1 aromatic rings. The molecule has 0 aromatic heterocycles. The molecule has 0 aliphatic carbocycles. The molecule has 0 aliphatic heterocycles. The van der Waals surface area contributed by atoms with Gasteiger partial charge in [0.25, 0.3) is 5.69 Å². The van der Waals surface area contributed by atoms with Crippen molar-refractivity contribution in [2.45, 2.75) is 26.9 Å². The van der Waals surface area contributed by atoms with Gasteiger partial charge in [0.05, 0.1) is 35.9 Å². The van der Waals surface area contributed by atoms with Crippen molar-refractivity contribution in [3.05, 3.63) is 27.8 Å². The van der Waals surface area contributed by atoms with Crippen LogP contribution >= 0.6 is 0 Å². The molecular weight excluding hydrogens is 238 g/mol. The van der Waals surface area contributed by atoms with Crippen molar-refractivity contribution in [2.24, 2.45) is 0 Å². The number of aliphatic hydroxyl groups is 1. The van der Waals surface area contributed by atoms with Gasteiger partial charge in [-0.3, -0.25) is 10.1 Å². The summed E-state index contributed by atoms with van der Waals surface area (Å²) in [4.78, 5) is 10.4. The zero-order valence-corrected chi connectivity index (χ0v) is 10.7. The molecular formula is C12H17NO5. The van der Waals surface area contributed by atoms with Crippen LogP contribution in [0.25, 0.3) is 0 Å². The second-order valence-electron chi connectivity index (χ2n) is 3.66. The summed E-state index contributed by atoms with van der Waals surface area (Å²) in [6.07, 6.45) is -0.944. The lowest BCUT2D eigenvalue weighted by molar-refractivity contribution is -0.386. The number of nitro groups is 1. The van der Waals surface area contributed by atoms with Crippen LogP contribution in [0.3, 0.4) is 0 Å². The van der Waals surface area contributed by atoms with E-state index >= 15 is 0 Å². The second-order valence-corrected chi connectivity index (χ2v) is 3.66. The van der Waals surface area contributed by atoms with Gasteiger partial charge in [0.1, 0.15) is 0 Å². The molecule has 6 heteroatoms. The van der Waals surface area contributed by atoms with E-state index in [1.54, 1.807) is 13.8 Å². The van der Waals surface area contributed by atoms with Crippen LogP contribution in [0.5, 0.6) is 11.5 Å². The van der Waals surface area contributed by atoms with Gasteiger partial charge in [0, 0.05) is 0 Å². The van der Waals surface area contributed by atoms with Crippen molar-refractivity contribution in [1.82, 2.24) is 0 Å². The van der Waals surface area contributed by atoms with Gasteiger partial charge >= 0.3 is 0 Å². The zero-order chi connectivity index (χ0) is 13.7. The highest BCUT2D eigenvalue weighted by Gasteiger charge is 2.22. The molecule has 1 unspecified atom stereocenters. The third kappa shape index (κ3) is 3.10. The Morgan fingerprint density at radius 1 is 1.28 bits per heavy atom. The first kappa shape index (κ1) is 14.2. The minimum atomic E-state index is -0.944. The second kappa shape index (κ2) is 6.20. The van der Waals surface area contributed by atoms with Crippen LogP contribution in [0.15, 0.2) is 12.1 Å². The maximum absolute atomic E-state index is 10.9. The lowest BCUT2D eigenvalue weighted by Crippen LogP contribution is -2.04. The Morgan fingerprint density at radius 3 is 2.17 bits per heavy atom. The maximum atomic E-state index is 10.9. The average molecular weight is 255 g/mol. The number of nitrogens with zero attached hydrogens (tertiary/aromatic N) is 1. The lowest BCUT2D eigenvalue weighted by Gasteiger charge is -2.14. The van der Waals surface area contributed by atoms with E-state index in [-0.39, 0.29) is 11.3 Å². The molecule has 1 rings (SSSR count). The number of hydrogen-bond acceptors (Lipinski definition) is 5. The van der Waals surface area contributed by atoms with Crippen molar-refractivity contribution >= 4 is 5.69 Å². The molecule has 0 saturated heterocycles. The summed E-state index contributed by atoms with van der Waals surface area (Å²) in [5.74, 6) is 0.719. The minimum absolute atomic E-state index is 0.170. The summed E-state index contributed by atoms with van der Waals surface area (Å²) in [6.45, 7) is 5.85. The van der Waals surface area contributed by atoms with Gasteiger partial charge < -0.3 is 14.6 Å². The molecule has 0 fully saturated rings. The first-order valence-corrected chi connectivity index (χ1v) is 5.77. The number of rotatable bonds is 6. The molecule has 0 spiro atoms. The van der Waals surface area contributed by atoms with Gasteiger partial charge in [-0.2, -0.15) is 0 Å². The Hall–Kier alpha value is -1.82. The summed E-state index contributed by atoms with van der Waals surface area (Å²) >= 11 is 0. The van der Waals surface area contributed by atoms with Crippen molar-refractivity contribution < 1.29 is 19.5 Å². The molecule has 0 aliphatic rings. The van der Waals surface area contributed by atoms with E-state index in [1.165, 1.54) is 19.1 Å². The molecule has 0 bridgehead atoms. The van der Waals surface area contributed by atoms with Gasteiger partial charge in [0.15, 0.2) is 11.5 Å². The van der Waals surface area contributed by atoms with Gasteiger partial charge in [-0.05, 0) is 26.8 Å². The predicted octanol–water partition coefficient (Wildman–Crippen LogP) is 2.45. The Kier molecular flexibility index (Phi) is 4.91. The summed E-state index contributed by atoms with van der Waals surface area (Å²) < 4.78 is 10.7. The molecule has 1 N–H and O–H groups in total. The Balaban J connectivity index is 3.34. The smallest absolute Gasteiger partial charge is 0.279 e. The SMILES string of the molecule is CCOc1cc(C(C)O)c([N+](=O)[O-])cc1OCC. The fraction of sp³-hybridized carbons (Fsp3) is 0.500. The third-order valence-electron chi connectivity index (χ3n) is 2.34. The minimum Gasteiger partial charge on any atom is -0.490 e. The van der Waals surface area contributed by atoms with E-state index in [9.17, 15) is 15.2 Å². The lowest BCUT2D eigenvalue weighted by atomic mass is 10.1. The van der Waals surface area contributed by atoms with Crippen molar-refractivity contribution in [3.8, 4) is 11.5 Å². The van der Waals surface area contributed by atoms with Gasteiger partial charge in [-0.15, -0.1) is 0 Å². The number of hydrogen-bond donors (Lipinski definition) is 1. The summed E-state index contributed by atoms with van der Waals surface area (Å²) in [7, 11) is 0. The fourth-order valence-electron chi connectivity index (χ4n) is 1.59. The van der Waals surface area contributed by atoms with Crippen molar-refractivity contribution in [3.63, 3.8) is 0 Å². The highest BCUT2D eigenvalue weighted by molar-refractivity contribution is 5.55. The number of nitro benzene ring substituents is 1. The predicted molar refractivity (Wildman–Crippen MR) is 66.1 cm³/mol. The molecule has 0 heterocycles. The molecule has 0 saturated carbocycles. The van der Waals surface area contributed by atoms with Crippen LogP contribution < -0.4 is 9.47 Å². The highest BCUT2D eigenvalue weighted by atomic mass is 16.6. The van der Waals surface area contributed by atoms with E-state index in [1.807, 2.05) is 0 Å². The van der Waals surface area contributed by atoms with Crippen LogP contribution in [-0.4, -0.2) is 23.2 Å². The number of ether oxygens (including phenoxy) is 2. The monoisotopic (exact) mass is 255 g/mol. The van der Waals surface area contributed by atoms with Crippen molar-refractivity contribution in [1.29, 1.82) is 0 Å². The number of benzene rings is 1. The molecule has 0 radical (unpaired) electrons.